The first-order chi connectivity index (χ1) is 14.6. The van der Waals surface area contributed by atoms with Crippen molar-refractivity contribution in [2.75, 3.05) is 32.7 Å². The van der Waals surface area contributed by atoms with Crippen molar-refractivity contribution >= 4 is 17.7 Å². The number of likely N-dealkylation sites (tertiary alicyclic amines) is 1. The first-order valence-electron chi connectivity index (χ1n) is 10.6. The van der Waals surface area contributed by atoms with E-state index in [1.165, 1.54) is 10.5 Å². The molecule has 6 heteroatoms. The maximum Gasteiger partial charge on any atom is 0.253 e. The van der Waals surface area contributed by atoms with Crippen molar-refractivity contribution in [3.63, 3.8) is 0 Å². The molecule has 0 aliphatic carbocycles. The maximum atomic E-state index is 12.8. The predicted octanol–water partition coefficient (Wildman–Crippen LogP) is 2.34. The Kier molecular flexibility index (Phi) is 6.23. The van der Waals surface area contributed by atoms with E-state index in [0.717, 1.165) is 44.7 Å². The summed E-state index contributed by atoms with van der Waals surface area (Å²) in [4.78, 5) is 42.0. The Morgan fingerprint density at radius 2 is 1.40 bits per heavy atom. The summed E-state index contributed by atoms with van der Waals surface area (Å²) >= 11 is 0. The molecular weight excluding hydrogens is 378 g/mol. The molecule has 2 aliphatic rings. The number of carbonyl (C=O) groups is 3. The third kappa shape index (κ3) is 4.76. The number of imide groups is 1. The van der Waals surface area contributed by atoms with Crippen LogP contribution in [0.4, 0.5) is 0 Å². The van der Waals surface area contributed by atoms with E-state index in [1.807, 2.05) is 23.1 Å². The molecule has 0 N–H and O–H groups in total. The minimum absolute atomic E-state index is 0.0394. The van der Waals surface area contributed by atoms with Crippen LogP contribution in [0, 0.1) is 0 Å². The number of piperazine rings is 1. The van der Waals surface area contributed by atoms with Crippen LogP contribution in [0.25, 0.3) is 0 Å². The third-order valence-electron chi connectivity index (χ3n) is 5.92. The minimum atomic E-state index is -0.120. The van der Waals surface area contributed by atoms with Crippen LogP contribution in [0.1, 0.15) is 34.3 Å². The van der Waals surface area contributed by atoms with Gasteiger partial charge in [0.25, 0.3) is 5.91 Å². The number of hydrogen-bond acceptors (Lipinski definition) is 4. The van der Waals surface area contributed by atoms with Gasteiger partial charge < -0.3 is 4.90 Å². The van der Waals surface area contributed by atoms with E-state index in [1.54, 1.807) is 12.1 Å². The summed E-state index contributed by atoms with van der Waals surface area (Å²) in [6, 6.07) is 17.7. The molecule has 3 amide bonds. The molecule has 0 unspecified atom stereocenters. The number of hydrogen-bond donors (Lipinski definition) is 0. The van der Waals surface area contributed by atoms with Gasteiger partial charge in [0.05, 0.1) is 6.54 Å². The molecule has 0 aromatic heterocycles. The highest BCUT2D eigenvalue weighted by molar-refractivity contribution is 6.01. The second-order valence-corrected chi connectivity index (χ2v) is 7.94. The molecule has 2 heterocycles. The van der Waals surface area contributed by atoms with Crippen LogP contribution in [0.3, 0.4) is 0 Å². The van der Waals surface area contributed by atoms with Gasteiger partial charge in [0.1, 0.15) is 0 Å². The average molecular weight is 405 g/mol. The zero-order valence-corrected chi connectivity index (χ0v) is 17.1. The van der Waals surface area contributed by atoms with Gasteiger partial charge in [-0.3, -0.25) is 24.2 Å². The highest BCUT2D eigenvalue weighted by atomic mass is 16.2. The zero-order valence-electron chi connectivity index (χ0n) is 17.1. The Hall–Kier alpha value is -2.99. The lowest BCUT2D eigenvalue weighted by Gasteiger charge is -2.34. The van der Waals surface area contributed by atoms with Crippen molar-refractivity contribution in [3.05, 3.63) is 71.3 Å². The fraction of sp³-hybridized carbons (Fsp3) is 0.375. The highest BCUT2D eigenvalue weighted by Crippen LogP contribution is 2.17. The van der Waals surface area contributed by atoms with E-state index in [-0.39, 0.29) is 24.3 Å². The largest absolute Gasteiger partial charge is 0.336 e. The Labute approximate surface area is 177 Å². The second kappa shape index (κ2) is 9.22. The van der Waals surface area contributed by atoms with Crippen molar-refractivity contribution < 1.29 is 14.4 Å². The first kappa shape index (κ1) is 20.3. The minimum Gasteiger partial charge on any atom is -0.336 e. The molecule has 156 valence electrons. The van der Waals surface area contributed by atoms with Crippen LogP contribution in [-0.4, -0.2) is 65.1 Å². The molecule has 2 aromatic rings. The fourth-order valence-corrected chi connectivity index (χ4v) is 4.02. The lowest BCUT2D eigenvalue weighted by Crippen LogP contribution is -2.49. The summed E-state index contributed by atoms with van der Waals surface area (Å²) in [6.07, 6.45) is 1.62. The van der Waals surface area contributed by atoms with Crippen molar-refractivity contribution in [1.29, 1.82) is 0 Å². The molecular formula is C24H27N3O3. The molecule has 30 heavy (non-hydrogen) atoms. The number of benzene rings is 2. The van der Waals surface area contributed by atoms with Gasteiger partial charge in [-0.15, -0.1) is 0 Å². The summed E-state index contributed by atoms with van der Waals surface area (Å²) in [5, 5.41) is 0. The molecule has 4 rings (SSSR count). The van der Waals surface area contributed by atoms with E-state index in [0.29, 0.717) is 18.4 Å². The molecule has 0 saturated carbocycles. The SMILES string of the molecule is O=C(c1ccc(CN2C(=O)CCC2=O)cc1)N1CCN(CCc2ccccc2)CC1. The highest BCUT2D eigenvalue weighted by Gasteiger charge is 2.28. The van der Waals surface area contributed by atoms with Crippen molar-refractivity contribution in [2.45, 2.75) is 25.8 Å². The van der Waals surface area contributed by atoms with E-state index < -0.39 is 0 Å². The van der Waals surface area contributed by atoms with Gasteiger partial charge in [-0.05, 0) is 29.7 Å². The van der Waals surface area contributed by atoms with Crippen LogP contribution in [0.15, 0.2) is 54.6 Å². The fourth-order valence-electron chi connectivity index (χ4n) is 4.02. The van der Waals surface area contributed by atoms with E-state index in [4.69, 9.17) is 0 Å². The Morgan fingerprint density at radius 3 is 2.03 bits per heavy atom. The monoisotopic (exact) mass is 405 g/mol. The van der Waals surface area contributed by atoms with Gasteiger partial charge in [-0.2, -0.15) is 0 Å². The van der Waals surface area contributed by atoms with Crippen LogP contribution >= 0.6 is 0 Å². The standard InChI is InChI=1S/C24H27N3O3/c28-22-10-11-23(29)27(22)18-20-6-8-21(9-7-20)24(30)26-16-14-25(15-17-26)13-12-19-4-2-1-3-5-19/h1-9H,10-18H2. The smallest absolute Gasteiger partial charge is 0.253 e. The summed E-state index contributed by atoms with van der Waals surface area (Å²) in [5.41, 5.74) is 2.85. The number of rotatable bonds is 6. The normalized spacial score (nSPS) is 17.6. The van der Waals surface area contributed by atoms with Crippen molar-refractivity contribution in [2.24, 2.45) is 0 Å². The predicted molar refractivity (Wildman–Crippen MR) is 114 cm³/mol. The molecule has 0 radical (unpaired) electrons. The van der Waals surface area contributed by atoms with E-state index in [2.05, 4.69) is 29.2 Å². The lowest BCUT2D eigenvalue weighted by molar-refractivity contribution is -0.139. The van der Waals surface area contributed by atoms with Crippen LogP contribution in [0.2, 0.25) is 0 Å². The van der Waals surface area contributed by atoms with Crippen LogP contribution in [0.5, 0.6) is 0 Å². The van der Waals surface area contributed by atoms with Crippen molar-refractivity contribution in [1.82, 2.24) is 14.7 Å². The molecule has 2 aromatic carbocycles. The van der Waals surface area contributed by atoms with Crippen LogP contribution < -0.4 is 0 Å². The van der Waals surface area contributed by atoms with Gasteiger partial charge in [-0.25, -0.2) is 0 Å². The Bertz CT molecular complexity index is 887. The first-order valence-corrected chi connectivity index (χ1v) is 10.6. The van der Waals surface area contributed by atoms with Gasteiger partial charge in [0.2, 0.25) is 11.8 Å². The lowest BCUT2D eigenvalue weighted by atomic mass is 10.1. The second-order valence-electron chi connectivity index (χ2n) is 7.94. The van der Waals surface area contributed by atoms with Gasteiger partial charge in [0, 0.05) is 51.1 Å². The van der Waals surface area contributed by atoms with Crippen molar-refractivity contribution in [3.8, 4) is 0 Å². The molecule has 6 nitrogen and oxygen atoms in total. The van der Waals surface area contributed by atoms with Gasteiger partial charge in [0.15, 0.2) is 0 Å². The summed E-state index contributed by atoms with van der Waals surface area (Å²) in [5.74, 6) is -0.201. The molecule has 2 saturated heterocycles. The Balaban J connectivity index is 1.26. The molecule has 2 fully saturated rings. The quantitative estimate of drug-likeness (QED) is 0.692. The molecule has 0 spiro atoms. The molecule has 0 bridgehead atoms. The van der Waals surface area contributed by atoms with Gasteiger partial charge >= 0.3 is 0 Å². The summed E-state index contributed by atoms with van der Waals surface area (Å²) in [7, 11) is 0. The summed E-state index contributed by atoms with van der Waals surface area (Å²) < 4.78 is 0. The molecule has 2 aliphatic heterocycles. The topological polar surface area (TPSA) is 60.9 Å². The van der Waals surface area contributed by atoms with Crippen LogP contribution in [-0.2, 0) is 22.6 Å². The maximum absolute atomic E-state index is 12.8. The number of carbonyl (C=O) groups excluding carboxylic acids is 3. The number of amides is 3. The molecule has 0 atom stereocenters. The third-order valence-corrected chi connectivity index (χ3v) is 5.92. The zero-order chi connectivity index (χ0) is 20.9. The summed E-state index contributed by atoms with van der Waals surface area (Å²) in [6.45, 7) is 4.52. The van der Waals surface area contributed by atoms with E-state index >= 15 is 0 Å². The number of nitrogens with zero attached hydrogens (tertiary/aromatic N) is 3. The van der Waals surface area contributed by atoms with E-state index in [9.17, 15) is 14.4 Å². The van der Waals surface area contributed by atoms with Gasteiger partial charge in [-0.1, -0.05) is 42.5 Å². The Morgan fingerprint density at radius 1 is 0.767 bits per heavy atom. The average Bonchev–Trinajstić information content (AvgIpc) is 3.11.